The molecule has 0 saturated heterocycles. The standard InChI is InChI=1S/C16H25NO3/c1-5-14(12-6-8-13(20-4)9-7-12)15(19)17-16(2,3)10-11-18/h6-9,14,18H,5,10-11H2,1-4H3,(H,17,19). The minimum absolute atomic E-state index is 0.00360. The van der Waals surface area contributed by atoms with Crippen molar-refractivity contribution >= 4 is 5.91 Å². The van der Waals surface area contributed by atoms with E-state index in [1.807, 2.05) is 45.0 Å². The molecule has 4 heteroatoms. The number of rotatable bonds is 7. The number of carbonyl (C=O) groups is 1. The fourth-order valence-corrected chi connectivity index (χ4v) is 2.17. The van der Waals surface area contributed by atoms with Gasteiger partial charge in [0.1, 0.15) is 5.75 Å². The van der Waals surface area contributed by atoms with Gasteiger partial charge in [0.25, 0.3) is 0 Å². The van der Waals surface area contributed by atoms with Crippen molar-refractivity contribution in [1.82, 2.24) is 5.32 Å². The summed E-state index contributed by atoms with van der Waals surface area (Å²) in [6, 6.07) is 7.57. The number of hydrogen-bond acceptors (Lipinski definition) is 3. The Morgan fingerprint density at radius 3 is 2.40 bits per heavy atom. The van der Waals surface area contributed by atoms with Crippen LogP contribution in [0.2, 0.25) is 0 Å². The maximum absolute atomic E-state index is 12.4. The van der Waals surface area contributed by atoms with E-state index in [-0.39, 0.29) is 18.4 Å². The van der Waals surface area contributed by atoms with Gasteiger partial charge < -0.3 is 15.2 Å². The van der Waals surface area contributed by atoms with Crippen LogP contribution < -0.4 is 10.1 Å². The zero-order valence-electron chi connectivity index (χ0n) is 12.8. The summed E-state index contributed by atoms with van der Waals surface area (Å²) in [4.78, 5) is 12.4. The first-order chi connectivity index (χ1) is 9.43. The molecule has 0 heterocycles. The summed E-state index contributed by atoms with van der Waals surface area (Å²) >= 11 is 0. The number of methoxy groups -OCH3 is 1. The first kappa shape index (κ1) is 16.5. The number of hydrogen-bond donors (Lipinski definition) is 2. The third-order valence-corrected chi connectivity index (χ3v) is 3.44. The van der Waals surface area contributed by atoms with E-state index in [4.69, 9.17) is 9.84 Å². The molecular weight excluding hydrogens is 254 g/mol. The van der Waals surface area contributed by atoms with Crippen LogP contribution in [-0.4, -0.2) is 30.3 Å². The summed E-state index contributed by atoms with van der Waals surface area (Å²) in [6.45, 7) is 5.89. The zero-order chi connectivity index (χ0) is 15.2. The average molecular weight is 279 g/mol. The highest BCUT2D eigenvalue weighted by Gasteiger charge is 2.25. The van der Waals surface area contributed by atoms with Crippen LogP contribution in [0.15, 0.2) is 24.3 Å². The van der Waals surface area contributed by atoms with Gasteiger partial charge in [-0.25, -0.2) is 0 Å². The largest absolute Gasteiger partial charge is 0.497 e. The van der Waals surface area contributed by atoms with E-state index in [9.17, 15) is 4.79 Å². The van der Waals surface area contributed by atoms with Crippen LogP contribution >= 0.6 is 0 Å². The highest BCUT2D eigenvalue weighted by molar-refractivity contribution is 5.84. The van der Waals surface area contributed by atoms with Crippen molar-refractivity contribution in [1.29, 1.82) is 0 Å². The first-order valence-electron chi connectivity index (χ1n) is 7.00. The molecule has 0 aliphatic carbocycles. The molecule has 0 spiro atoms. The second kappa shape index (κ2) is 7.29. The molecule has 0 aliphatic rings. The molecular formula is C16H25NO3. The smallest absolute Gasteiger partial charge is 0.227 e. The Bertz CT molecular complexity index is 426. The van der Waals surface area contributed by atoms with Crippen LogP contribution in [0.4, 0.5) is 0 Å². The van der Waals surface area contributed by atoms with Crippen LogP contribution in [0.1, 0.15) is 45.1 Å². The molecule has 0 fully saturated rings. The lowest BCUT2D eigenvalue weighted by Gasteiger charge is -2.28. The summed E-state index contributed by atoms with van der Waals surface area (Å²) in [5, 5.41) is 12.0. The summed E-state index contributed by atoms with van der Waals surface area (Å²) < 4.78 is 5.13. The van der Waals surface area contributed by atoms with E-state index in [2.05, 4.69) is 5.32 Å². The van der Waals surface area contributed by atoms with Crippen molar-refractivity contribution in [2.24, 2.45) is 0 Å². The van der Waals surface area contributed by atoms with Gasteiger partial charge in [0, 0.05) is 12.1 Å². The third kappa shape index (κ3) is 4.53. The minimum atomic E-state index is -0.397. The quantitative estimate of drug-likeness (QED) is 0.806. The zero-order valence-corrected chi connectivity index (χ0v) is 12.8. The van der Waals surface area contributed by atoms with E-state index in [1.165, 1.54) is 0 Å². The van der Waals surface area contributed by atoms with Gasteiger partial charge in [-0.2, -0.15) is 0 Å². The molecule has 1 rings (SSSR count). The molecule has 20 heavy (non-hydrogen) atoms. The van der Waals surface area contributed by atoms with Crippen molar-refractivity contribution in [2.75, 3.05) is 13.7 Å². The fourth-order valence-electron chi connectivity index (χ4n) is 2.17. The molecule has 4 nitrogen and oxygen atoms in total. The molecule has 1 unspecified atom stereocenters. The molecule has 1 aromatic carbocycles. The fraction of sp³-hybridized carbons (Fsp3) is 0.562. The Kier molecular flexibility index (Phi) is 6.02. The number of aliphatic hydroxyl groups excluding tert-OH is 1. The molecule has 1 amide bonds. The van der Waals surface area contributed by atoms with Crippen molar-refractivity contribution in [3.63, 3.8) is 0 Å². The van der Waals surface area contributed by atoms with Gasteiger partial charge in [0.05, 0.1) is 13.0 Å². The molecule has 0 saturated carbocycles. The van der Waals surface area contributed by atoms with Crippen LogP contribution in [0.5, 0.6) is 5.75 Å². The predicted octanol–water partition coefficient (Wildman–Crippen LogP) is 2.47. The second-order valence-corrected chi connectivity index (χ2v) is 5.58. The summed E-state index contributed by atoms with van der Waals surface area (Å²) in [7, 11) is 1.62. The number of amides is 1. The topological polar surface area (TPSA) is 58.6 Å². The van der Waals surface area contributed by atoms with Crippen molar-refractivity contribution < 1.29 is 14.6 Å². The monoisotopic (exact) mass is 279 g/mol. The molecule has 2 N–H and O–H groups in total. The Labute approximate surface area is 121 Å². The molecule has 0 bridgehead atoms. The van der Waals surface area contributed by atoms with Gasteiger partial charge in [-0.05, 0) is 44.4 Å². The van der Waals surface area contributed by atoms with Crippen molar-refractivity contribution in [3.8, 4) is 5.75 Å². The summed E-state index contributed by atoms with van der Waals surface area (Å²) in [5.41, 5.74) is 0.580. The first-order valence-corrected chi connectivity index (χ1v) is 7.00. The molecule has 112 valence electrons. The predicted molar refractivity (Wildman–Crippen MR) is 80.0 cm³/mol. The third-order valence-electron chi connectivity index (χ3n) is 3.44. The maximum atomic E-state index is 12.4. The van der Waals surface area contributed by atoms with E-state index in [0.29, 0.717) is 6.42 Å². The molecule has 1 atom stereocenters. The van der Waals surface area contributed by atoms with Gasteiger partial charge in [0.15, 0.2) is 0 Å². The Morgan fingerprint density at radius 2 is 1.95 bits per heavy atom. The van der Waals surface area contributed by atoms with Gasteiger partial charge >= 0.3 is 0 Å². The van der Waals surface area contributed by atoms with Crippen molar-refractivity contribution in [3.05, 3.63) is 29.8 Å². The maximum Gasteiger partial charge on any atom is 0.227 e. The number of carbonyl (C=O) groups excluding carboxylic acids is 1. The number of aliphatic hydroxyl groups is 1. The van der Waals surface area contributed by atoms with E-state index in [0.717, 1.165) is 17.7 Å². The number of ether oxygens (including phenoxy) is 1. The van der Waals surface area contributed by atoms with Gasteiger partial charge in [0.2, 0.25) is 5.91 Å². The summed E-state index contributed by atoms with van der Waals surface area (Å²) in [6.07, 6.45) is 1.27. The lowest BCUT2D eigenvalue weighted by atomic mass is 9.93. The molecule has 0 aromatic heterocycles. The number of nitrogens with one attached hydrogen (secondary N) is 1. The van der Waals surface area contributed by atoms with E-state index < -0.39 is 5.54 Å². The second-order valence-electron chi connectivity index (χ2n) is 5.58. The highest BCUT2D eigenvalue weighted by Crippen LogP contribution is 2.23. The lowest BCUT2D eigenvalue weighted by molar-refractivity contribution is -0.124. The van der Waals surface area contributed by atoms with Gasteiger partial charge in [-0.1, -0.05) is 19.1 Å². The Morgan fingerprint density at radius 1 is 1.35 bits per heavy atom. The van der Waals surface area contributed by atoms with Gasteiger partial charge in [-0.15, -0.1) is 0 Å². The SMILES string of the molecule is CCC(C(=O)NC(C)(C)CCO)c1ccc(OC)cc1. The molecule has 0 aliphatic heterocycles. The van der Waals surface area contributed by atoms with Crippen LogP contribution in [0.3, 0.4) is 0 Å². The molecule has 0 radical (unpaired) electrons. The molecule has 1 aromatic rings. The highest BCUT2D eigenvalue weighted by atomic mass is 16.5. The van der Waals surface area contributed by atoms with E-state index >= 15 is 0 Å². The normalized spacial score (nSPS) is 12.8. The average Bonchev–Trinajstić information content (AvgIpc) is 2.39. The van der Waals surface area contributed by atoms with Crippen LogP contribution in [0, 0.1) is 0 Å². The van der Waals surface area contributed by atoms with Crippen LogP contribution in [0.25, 0.3) is 0 Å². The Hall–Kier alpha value is -1.55. The summed E-state index contributed by atoms with van der Waals surface area (Å²) in [5.74, 6) is 0.597. The Balaban J connectivity index is 2.81. The number of benzene rings is 1. The van der Waals surface area contributed by atoms with Gasteiger partial charge in [-0.3, -0.25) is 4.79 Å². The van der Waals surface area contributed by atoms with E-state index in [1.54, 1.807) is 7.11 Å². The van der Waals surface area contributed by atoms with Crippen LogP contribution in [-0.2, 0) is 4.79 Å². The minimum Gasteiger partial charge on any atom is -0.497 e. The van der Waals surface area contributed by atoms with Crippen molar-refractivity contribution in [2.45, 2.75) is 45.1 Å². The lowest BCUT2D eigenvalue weighted by Crippen LogP contribution is -2.46.